The summed E-state index contributed by atoms with van der Waals surface area (Å²) in [6, 6.07) is 4.91. The van der Waals surface area contributed by atoms with Crippen LogP contribution >= 0.6 is 0 Å². The zero-order valence-electron chi connectivity index (χ0n) is 11.2. The standard InChI is InChI=1S/C12H18N4O4/c1-8-7-20-9(6-17)5-15(8)11-4-2-3-10(14-13)12(11)16(18)19/h2-4,8-9,14,17H,5-7,13H2,1H3. The van der Waals surface area contributed by atoms with Crippen molar-refractivity contribution in [1.82, 2.24) is 0 Å². The first kappa shape index (κ1) is 14.5. The molecule has 1 fully saturated rings. The molecular weight excluding hydrogens is 264 g/mol. The number of nitro groups is 1. The number of morpholine rings is 1. The van der Waals surface area contributed by atoms with Crippen molar-refractivity contribution in [3.8, 4) is 0 Å². The fourth-order valence-corrected chi connectivity index (χ4v) is 2.34. The molecule has 0 aliphatic carbocycles. The average molecular weight is 282 g/mol. The van der Waals surface area contributed by atoms with Crippen LogP contribution in [0.5, 0.6) is 0 Å². The van der Waals surface area contributed by atoms with Crippen LogP contribution in [-0.2, 0) is 4.74 Å². The smallest absolute Gasteiger partial charge is 0.316 e. The van der Waals surface area contributed by atoms with E-state index in [9.17, 15) is 15.2 Å². The highest BCUT2D eigenvalue weighted by molar-refractivity contribution is 5.77. The predicted octanol–water partition coefficient (Wildman–Crippen LogP) is 0.466. The van der Waals surface area contributed by atoms with Crippen molar-refractivity contribution in [2.45, 2.75) is 19.1 Å². The van der Waals surface area contributed by atoms with Crippen LogP contribution in [0.15, 0.2) is 18.2 Å². The number of nitrogens with zero attached hydrogens (tertiary/aromatic N) is 2. The van der Waals surface area contributed by atoms with E-state index in [-0.39, 0.29) is 30.1 Å². The quantitative estimate of drug-likeness (QED) is 0.417. The summed E-state index contributed by atoms with van der Waals surface area (Å²) in [5.74, 6) is 5.34. The third-order valence-electron chi connectivity index (χ3n) is 3.37. The number of hydrogen-bond donors (Lipinski definition) is 3. The molecule has 110 valence electrons. The number of nitrogens with two attached hydrogens (primary N) is 1. The Balaban J connectivity index is 2.42. The van der Waals surface area contributed by atoms with E-state index in [0.29, 0.717) is 18.8 Å². The molecule has 1 saturated heterocycles. The minimum absolute atomic E-state index is 0.0236. The average Bonchev–Trinajstić information content (AvgIpc) is 2.46. The molecular formula is C12H18N4O4. The van der Waals surface area contributed by atoms with Crippen LogP contribution in [0.1, 0.15) is 6.92 Å². The van der Waals surface area contributed by atoms with E-state index >= 15 is 0 Å². The van der Waals surface area contributed by atoms with Gasteiger partial charge in [0, 0.05) is 12.6 Å². The normalized spacial score (nSPS) is 22.6. The number of aliphatic hydroxyl groups excluding tert-OH is 1. The lowest BCUT2D eigenvalue weighted by molar-refractivity contribution is -0.383. The van der Waals surface area contributed by atoms with Crippen LogP contribution in [0.3, 0.4) is 0 Å². The lowest BCUT2D eigenvalue weighted by Crippen LogP contribution is -2.49. The number of rotatable bonds is 4. The zero-order chi connectivity index (χ0) is 14.7. The minimum Gasteiger partial charge on any atom is -0.394 e. The summed E-state index contributed by atoms with van der Waals surface area (Å²) >= 11 is 0. The monoisotopic (exact) mass is 282 g/mol. The van der Waals surface area contributed by atoms with Crippen LogP contribution < -0.4 is 16.2 Å². The van der Waals surface area contributed by atoms with Gasteiger partial charge in [0.15, 0.2) is 0 Å². The molecule has 1 aromatic rings. The Kier molecular flexibility index (Phi) is 4.38. The number of nitrogens with one attached hydrogen (secondary N) is 1. The predicted molar refractivity (Wildman–Crippen MR) is 74.5 cm³/mol. The first-order valence-corrected chi connectivity index (χ1v) is 6.31. The van der Waals surface area contributed by atoms with Crippen LogP contribution in [0.25, 0.3) is 0 Å². The SMILES string of the molecule is CC1COC(CO)CN1c1cccc(NN)c1[N+](=O)[O-]. The Morgan fingerprint density at radius 1 is 1.65 bits per heavy atom. The van der Waals surface area contributed by atoms with Crippen molar-refractivity contribution in [3.05, 3.63) is 28.3 Å². The molecule has 2 rings (SSSR count). The van der Waals surface area contributed by atoms with Crippen molar-refractivity contribution in [1.29, 1.82) is 0 Å². The molecule has 4 N–H and O–H groups in total. The zero-order valence-corrected chi connectivity index (χ0v) is 11.2. The van der Waals surface area contributed by atoms with Gasteiger partial charge in [-0.3, -0.25) is 16.0 Å². The summed E-state index contributed by atoms with van der Waals surface area (Å²) in [4.78, 5) is 12.7. The number of ether oxygens (including phenoxy) is 1. The molecule has 8 heteroatoms. The van der Waals surface area contributed by atoms with Gasteiger partial charge in [0.1, 0.15) is 11.4 Å². The Morgan fingerprint density at radius 3 is 3.00 bits per heavy atom. The van der Waals surface area contributed by atoms with Gasteiger partial charge < -0.3 is 20.2 Å². The van der Waals surface area contributed by atoms with Crippen LogP contribution in [0.4, 0.5) is 17.1 Å². The van der Waals surface area contributed by atoms with Crippen molar-refractivity contribution in [3.63, 3.8) is 0 Å². The molecule has 1 aliphatic rings. The van der Waals surface area contributed by atoms with Crippen LogP contribution in [0.2, 0.25) is 0 Å². The molecule has 0 radical (unpaired) electrons. The van der Waals surface area contributed by atoms with Gasteiger partial charge in [-0.2, -0.15) is 0 Å². The van der Waals surface area contributed by atoms with Crippen molar-refractivity contribution < 1.29 is 14.8 Å². The molecule has 0 saturated carbocycles. The van der Waals surface area contributed by atoms with E-state index < -0.39 is 4.92 Å². The van der Waals surface area contributed by atoms with E-state index in [0.717, 1.165) is 0 Å². The number of aliphatic hydroxyl groups is 1. The van der Waals surface area contributed by atoms with Gasteiger partial charge in [-0.1, -0.05) is 6.07 Å². The van der Waals surface area contributed by atoms with Crippen molar-refractivity contribution >= 4 is 17.1 Å². The minimum atomic E-state index is -0.458. The number of nitrogen functional groups attached to an aromatic ring is 1. The van der Waals surface area contributed by atoms with Crippen LogP contribution in [-0.4, -0.2) is 41.9 Å². The van der Waals surface area contributed by atoms with Gasteiger partial charge in [0.05, 0.1) is 24.2 Å². The maximum absolute atomic E-state index is 11.3. The highest BCUT2D eigenvalue weighted by atomic mass is 16.6. The summed E-state index contributed by atoms with van der Waals surface area (Å²) in [5.41, 5.74) is 3.01. The van der Waals surface area contributed by atoms with Gasteiger partial charge in [-0.15, -0.1) is 0 Å². The molecule has 0 amide bonds. The van der Waals surface area contributed by atoms with Crippen LogP contribution in [0, 0.1) is 10.1 Å². The summed E-state index contributed by atoms with van der Waals surface area (Å²) in [7, 11) is 0. The van der Waals surface area contributed by atoms with E-state index in [4.69, 9.17) is 10.6 Å². The Bertz CT molecular complexity index is 496. The fourth-order valence-electron chi connectivity index (χ4n) is 2.34. The summed E-state index contributed by atoms with van der Waals surface area (Å²) in [6.45, 7) is 2.60. The molecule has 8 nitrogen and oxygen atoms in total. The summed E-state index contributed by atoms with van der Waals surface area (Å²) < 4.78 is 5.45. The molecule has 0 bridgehead atoms. The molecule has 0 aromatic heterocycles. The molecule has 1 aliphatic heterocycles. The number of anilines is 2. The third-order valence-corrected chi connectivity index (χ3v) is 3.37. The van der Waals surface area contributed by atoms with Gasteiger partial charge in [0.25, 0.3) is 0 Å². The molecule has 1 aromatic carbocycles. The molecule has 0 spiro atoms. The first-order chi connectivity index (χ1) is 9.58. The van der Waals surface area contributed by atoms with Crippen molar-refractivity contribution in [2.75, 3.05) is 30.1 Å². The number of para-hydroxylation sites is 1. The molecule has 2 unspecified atom stereocenters. The Morgan fingerprint density at radius 2 is 2.40 bits per heavy atom. The van der Waals surface area contributed by atoms with Gasteiger partial charge in [0.2, 0.25) is 0 Å². The lowest BCUT2D eigenvalue weighted by atomic mass is 10.1. The first-order valence-electron chi connectivity index (χ1n) is 6.31. The Labute approximate surface area is 116 Å². The molecule has 2 atom stereocenters. The fraction of sp³-hybridized carbons (Fsp3) is 0.500. The largest absolute Gasteiger partial charge is 0.394 e. The second-order valence-corrected chi connectivity index (χ2v) is 4.71. The maximum atomic E-state index is 11.3. The van der Waals surface area contributed by atoms with E-state index in [1.54, 1.807) is 18.2 Å². The van der Waals surface area contributed by atoms with Gasteiger partial charge in [-0.25, -0.2) is 0 Å². The van der Waals surface area contributed by atoms with E-state index in [1.807, 2.05) is 11.8 Å². The number of benzene rings is 1. The van der Waals surface area contributed by atoms with Crippen molar-refractivity contribution in [2.24, 2.45) is 5.84 Å². The summed E-state index contributed by atoms with van der Waals surface area (Å²) in [5, 5.41) is 20.5. The van der Waals surface area contributed by atoms with E-state index in [1.165, 1.54) is 0 Å². The topological polar surface area (TPSA) is 114 Å². The molecule has 20 heavy (non-hydrogen) atoms. The number of nitro benzene ring substituents is 1. The molecule has 1 heterocycles. The highest BCUT2D eigenvalue weighted by Crippen LogP contribution is 2.36. The lowest BCUT2D eigenvalue weighted by Gasteiger charge is -2.38. The van der Waals surface area contributed by atoms with Gasteiger partial charge >= 0.3 is 5.69 Å². The maximum Gasteiger partial charge on any atom is 0.316 e. The second kappa shape index (κ2) is 6.04. The Hall–Kier alpha value is -1.90. The van der Waals surface area contributed by atoms with E-state index in [2.05, 4.69) is 5.43 Å². The second-order valence-electron chi connectivity index (χ2n) is 4.71. The number of hydrogen-bond acceptors (Lipinski definition) is 7. The van der Waals surface area contributed by atoms with Gasteiger partial charge in [-0.05, 0) is 19.1 Å². The highest BCUT2D eigenvalue weighted by Gasteiger charge is 2.31. The third kappa shape index (κ3) is 2.67. The summed E-state index contributed by atoms with van der Waals surface area (Å²) in [6.07, 6.45) is -0.347. The number of hydrazine groups is 1.